The van der Waals surface area contributed by atoms with E-state index in [0.29, 0.717) is 16.4 Å². The topological polar surface area (TPSA) is 9.23 Å². The zero-order valence-electron chi connectivity index (χ0n) is 6.79. The van der Waals surface area contributed by atoms with E-state index in [1.54, 1.807) is 6.92 Å². The molecule has 0 rings (SSSR count). The monoisotopic (exact) mass is 178 g/mol. The summed E-state index contributed by atoms with van der Waals surface area (Å²) in [5.41, 5.74) is 0.600. The van der Waals surface area contributed by atoms with E-state index in [4.69, 9.17) is 16.3 Å². The Kier molecular flexibility index (Phi) is 4.95. The second-order valence-corrected chi connectivity index (χ2v) is 2.68. The normalized spacial score (nSPS) is 12.4. The first-order valence-corrected chi connectivity index (χ1v) is 3.65. The first kappa shape index (κ1) is 10.5. The minimum atomic E-state index is -0.435. The summed E-state index contributed by atoms with van der Waals surface area (Å²) in [6.07, 6.45) is 0.271. The number of alkyl halides is 1. The summed E-state index contributed by atoms with van der Waals surface area (Å²) in [4.78, 5) is 0. The van der Waals surface area contributed by atoms with Crippen molar-refractivity contribution in [2.24, 2.45) is 0 Å². The van der Waals surface area contributed by atoms with E-state index >= 15 is 0 Å². The Morgan fingerprint density at radius 1 is 1.64 bits per heavy atom. The van der Waals surface area contributed by atoms with Gasteiger partial charge in [0, 0.05) is 6.42 Å². The molecule has 0 aliphatic carbocycles. The maximum atomic E-state index is 11.8. The van der Waals surface area contributed by atoms with Crippen LogP contribution >= 0.6 is 11.6 Å². The summed E-state index contributed by atoms with van der Waals surface area (Å²) < 4.78 is 16.7. The van der Waals surface area contributed by atoms with Crippen LogP contribution in [0.3, 0.4) is 0 Å². The van der Waals surface area contributed by atoms with Crippen LogP contribution in [0.1, 0.15) is 13.3 Å². The van der Waals surface area contributed by atoms with Gasteiger partial charge in [-0.3, -0.25) is 4.39 Å². The molecule has 64 valence electrons. The lowest BCUT2D eigenvalue weighted by Gasteiger charge is -2.08. The Morgan fingerprint density at radius 3 is 2.45 bits per heavy atom. The first-order chi connectivity index (χ1) is 5.13. The van der Waals surface area contributed by atoms with Gasteiger partial charge in [-0.25, -0.2) is 0 Å². The van der Waals surface area contributed by atoms with Crippen molar-refractivity contribution in [2.45, 2.75) is 13.3 Å². The van der Waals surface area contributed by atoms with Gasteiger partial charge in [0.2, 0.25) is 0 Å². The molecule has 0 atom stereocenters. The van der Waals surface area contributed by atoms with Crippen LogP contribution in [0.15, 0.2) is 22.9 Å². The van der Waals surface area contributed by atoms with Gasteiger partial charge in [0.15, 0.2) is 0 Å². The summed E-state index contributed by atoms with van der Waals surface area (Å²) in [7, 11) is 1.49. The summed E-state index contributed by atoms with van der Waals surface area (Å²) in [6, 6.07) is 0. The lowest BCUT2D eigenvalue weighted by Crippen LogP contribution is -1.94. The van der Waals surface area contributed by atoms with Crippen LogP contribution in [0.5, 0.6) is 0 Å². The molecule has 0 fully saturated rings. The predicted molar refractivity (Wildman–Crippen MR) is 45.3 cm³/mol. The molecule has 0 saturated heterocycles. The van der Waals surface area contributed by atoms with E-state index in [9.17, 15) is 4.39 Å². The molecule has 1 nitrogen and oxygen atoms in total. The zero-order valence-corrected chi connectivity index (χ0v) is 7.54. The smallest absolute Gasteiger partial charge is 0.135 e. The standard InChI is InChI=1S/C8H12ClFO/c1-6(4-5-10)8(11-3)7(2)9/h1,4-5H2,2-3H3. The van der Waals surface area contributed by atoms with Crippen molar-refractivity contribution in [3.05, 3.63) is 22.9 Å². The molecule has 0 saturated carbocycles. The third kappa shape index (κ3) is 3.42. The van der Waals surface area contributed by atoms with Crippen molar-refractivity contribution in [3.63, 3.8) is 0 Å². The van der Waals surface area contributed by atoms with Gasteiger partial charge in [-0.15, -0.1) is 0 Å². The van der Waals surface area contributed by atoms with Gasteiger partial charge in [0.05, 0.1) is 18.8 Å². The molecular weight excluding hydrogens is 167 g/mol. The highest BCUT2D eigenvalue weighted by Crippen LogP contribution is 2.19. The number of allylic oxidation sites excluding steroid dienone is 2. The van der Waals surface area contributed by atoms with Gasteiger partial charge in [0.25, 0.3) is 0 Å². The van der Waals surface area contributed by atoms with Gasteiger partial charge in [-0.2, -0.15) is 0 Å². The SMILES string of the molecule is C=C(CCF)C(OC)=C(C)Cl. The lowest BCUT2D eigenvalue weighted by molar-refractivity contribution is 0.294. The van der Waals surface area contributed by atoms with E-state index < -0.39 is 6.67 Å². The highest BCUT2D eigenvalue weighted by Gasteiger charge is 2.04. The summed E-state index contributed by atoms with van der Waals surface area (Å²) in [5, 5.41) is 0.506. The molecule has 3 heteroatoms. The molecule has 0 bridgehead atoms. The molecule has 0 aromatic carbocycles. The van der Waals surface area contributed by atoms with Gasteiger partial charge in [0.1, 0.15) is 5.76 Å². The zero-order chi connectivity index (χ0) is 8.85. The molecule has 0 aromatic heterocycles. The van der Waals surface area contributed by atoms with E-state index in [0.717, 1.165) is 0 Å². The second-order valence-electron chi connectivity index (χ2n) is 2.11. The number of ether oxygens (including phenoxy) is 1. The highest BCUT2D eigenvalue weighted by atomic mass is 35.5. The Balaban J connectivity index is 4.28. The first-order valence-electron chi connectivity index (χ1n) is 3.28. The molecule has 0 N–H and O–H groups in total. The number of methoxy groups -OCH3 is 1. The van der Waals surface area contributed by atoms with Crippen LogP contribution in [0.25, 0.3) is 0 Å². The molecule has 0 spiro atoms. The summed E-state index contributed by atoms with van der Waals surface area (Å²) in [5.74, 6) is 0.490. The van der Waals surface area contributed by atoms with Gasteiger partial charge < -0.3 is 4.74 Å². The molecule has 11 heavy (non-hydrogen) atoms. The van der Waals surface area contributed by atoms with Crippen molar-refractivity contribution >= 4 is 11.6 Å². The number of rotatable bonds is 4. The minimum absolute atomic E-state index is 0.271. The van der Waals surface area contributed by atoms with E-state index in [1.165, 1.54) is 7.11 Å². The number of halogens is 2. The van der Waals surface area contributed by atoms with Gasteiger partial charge >= 0.3 is 0 Å². The van der Waals surface area contributed by atoms with E-state index in [2.05, 4.69) is 6.58 Å². The largest absolute Gasteiger partial charge is 0.495 e. The van der Waals surface area contributed by atoms with Crippen molar-refractivity contribution in [3.8, 4) is 0 Å². The molecule has 0 aliphatic heterocycles. The fourth-order valence-corrected chi connectivity index (χ4v) is 0.967. The molecule has 0 heterocycles. The van der Waals surface area contributed by atoms with E-state index in [-0.39, 0.29) is 6.42 Å². The molecular formula is C8H12ClFO. The fraction of sp³-hybridized carbons (Fsp3) is 0.500. The number of hydrogen-bond acceptors (Lipinski definition) is 1. The van der Waals surface area contributed by atoms with Crippen LogP contribution in [0.4, 0.5) is 4.39 Å². The maximum Gasteiger partial charge on any atom is 0.135 e. The van der Waals surface area contributed by atoms with Crippen LogP contribution in [-0.4, -0.2) is 13.8 Å². The Hall–Kier alpha value is -0.500. The van der Waals surface area contributed by atoms with Gasteiger partial charge in [-0.1, -0.05) is 18.2 Å². The third-order valence-electron chi connectivity index (χ3n) is 1.23. The predicted octanol–water partition coefficient (Wildman–Crippen LogP) is 3.02. The average Bonchev–Trinajstić information content (AvgIpc) is 1.88. The van der Waals surface area contributed by atoms with Crippen LogP contribution in [-0.2, 0) is 4.74 Å². The molecule has 0 unspecified atom stereocenters. The van der Waals surface area contributed by atoms with Crippen molar-refractivity contribution < 1.29 is 9.13 Å². The Morgan fingerprint density at radius 2 is 2.18 bits per heavy atom. The molecule has 0 amide bonds. The lowest BCUT2D eigenvalue weighted by atomic mass is 10.2. The number of hydrogen-bond donors (Lipinski definition) is 0. The molecule has 0 radical (unpaired) electrons. The average molecular weight is 179 g/mol. The van der Waals surface area contributed by atoms with Crippen LogP contribution < -0.4 is 0 Å². The van der Waals surface area contributed by atoms with Crippen molar-refractivity contribution in [1.29, 1.82) is 0 Å². The van der Waals surface area contributed by atoms with Crippen LogP contribution in [0.2, 0.25) is 0 Å². The van der Waals surface area contributed by atoms with Crippen molar-refractivity contribution in [2.75, 3.05) is 13.8 Å². The Bertz CT molecular complexity index is 171. The Labute approximate surface area is 71.5 Å². The highest BCUT2D eigenvalue weighted by molar-refractivity contribution is 6.29. The maximum absolute atomic E-state index is 11.8. The third-order valence-corrected chi connectivity index (χ3v) is 1.41. The summed E-state index contributed by atoms with van der Waals surface area (Å²) in [6.45, 7) is 4.88. The molecule has 0 aliphatic rings. The van der Waals surface area contributed by atoms with Crippen molar-refractivity contribution in [1.82, 2.24) is 0 Å². The van der Waals surface area contributed by atoms with Crippen LogP contribution in [0, 0.1) is 0 Å². The van der Waals surface area contributed by atoms with Gasteiger partial charge in [-0.05, 0) is 12.5 Å². The minimum Gasteiger partial charge on any atom is -0.495 e. The summed E-state index contributed by atoms with van der Waals surface area (Å²) >= 11 is 5.65. The molecule has 0 aromatic rings. The quantitative estimate of drug-likeness (QED) is 0.475. The van der Waals surface area contributed by atoms with E-state index in [1.807, 2.05) is 0 Å². The fourth-order valence-electron chi connectivity index (χ4n) is 0.756. The second kappa shape index (κ2) is 5.19.